The molecule has 1 aliphatic carbocycles. The number of nitrogens with one attached hydrogen (secondary N) is 1. The number of carbonyl (C=O) groups is 2. The first kappa shape index (κ1) is 20.0. The summed E-state index contributed by atoms with van der Waals surface area (Å²) in [6.07, 6.45) is 3.22. The van der Waals surface area contributed by atoms with Crippen LogP contribution in [0, 0.1) is 11.8 Å². The van der Waals surface area contributed by atoms with Gasteiger partial charge < -0.3 is 0 Å². The summed E-state index contributed by atoms with van der Waals surface area (Å²) in [6.45, 7) is 1.90. The first-order valence-corrected chi connectivity index (χ1v) is 11.7. The van der Waals surface area contributed by atoms with Crippen LogP contribution in [0.3, 0.4) is 0 Å². The van der Waals surface area contributed by atoms with Gasteiger partial charge in [0.05, 0.1) is 22.4 Å². The highest BCUT2D eigenvalue weighted by Crippen LogP contribution is 2.40. The number of carbonyl (C=O) groups excluding carboxylic acids is 2. The van der Waals surface area contributed by atoms with Gasteiger partial charge in [0, 0.05) is 5.03 Å². The fourth-order valence-corrected chi connectivity index (χ4v) is 5.63. The van der Waals surface area contributed by atoms with Crippen LogP contribution in [0.4, 0.5) is 10.8 Å². The second-order valence-corrected chi connectivity index (χ2v) is 10.00. The van der Waals surface area contributed by atoms with E-state index in [1.807, 2.05) is 6.92 Å². The highest BCUT2D eigenvalue weighted by atomic mass is 35.5. The van der Waals surface area contributed by atoms with E-state index >= 15 is 0 Å². The Balaban J connectivity index is 1.55. The van der Waals surface area contributed by atoms with Crippen LogP contribution in [-0.4, -0.2) is 30.4 Å². The molecule has 2 amide bonds. The second kappa shape index (κ2) is 7.51. The Bertz CT molecular complexity index is 1110. The number of anilines is 2. The quantitative estimate of drug-likeness (QED) is 0.698. The Morgan fingerprint density at radius 3 is 2.52 bits per heavy atom. The average molecular weight is 453 g/mol. The molecule has 1 saturated heterocycles. The van der Waals surface area contributed by atoms with Crippen molar-refractivity contribution >= 4 is 55.6 Å². The fourth-order valence-electron chi connectivity index (χ4n) is 3.47. The molecule has 0 saturated carbocycles. The molecule has 2 aromatic rings. The van der Waals surface area contributed by atoms with E-state index in [0.29, 0.717) is 30.0 Å². The second-order valence-electron chi connectivity index (χ2n) is 6.77. The number of hydrogen-bond acceptors (Lipinski definition) is 7. The molecule has 2 aliphatic rings. The Labute approximate surface area is 176 Å². The lowest BCUT2D eigenvalue weighted by Crippen LogP contribution is -2.30. The normalized spacial score (nSPS) is 21.9. The van der Waals surface area contributed by atoms with Crippen molar-refractivity contribution in [3.8, 4) is 0 Å². The summed E-state index contributed by atoms with van der Waals surface area (Å²) >= 11 is 7.20. The summed E-state index contributed by atoms with van der Waals surface area (Å²) in [6, 6.07) is 5.61. The van der Waals surface area contributed by atoms with Gasteiger partial charge >= 0.3 is 0 Å². The third-order valence-electron chi connectivity index (χ3n) is 4.97. The summed E-state index contributed by atoms with van der Waals surface area (Å²) < 4.78 is 27.5. The molecule has 0 spiro atoms. The third-order valence-corrected chi connectivity index (χ3v) is 7.74. The van der Waals surface area contributed by atoms with Crippen LogP contribution in [0.1, 0.15) is 24.8 Å². The van der Waals surface area contributed by atoms with Gasteiger partial charge in [-0.15, -0.1) is 10.2 Å². The molecule has 1 aliphatic heterocycles. The van der Waals surface area contributed by atoms with Gasteiger partial charge in [-0.2, -0.15) is 0 Å². The molecule has 1 aromatic carbocycles. The molecule has 1 N–H and O–H groups in total. The van der Waals surface area contributed by atoms with Crippen molar-refractivity contribution in [2.45, 2.75) is 31.1 Å². The molecule has 0 bridgehead atoms. The van der Waals surface area contributed by atoms with Crippen molar-refractivity contribution in [3.05, 3.63) is 40.4 Å². The van der Waals surface area contributed by atoms with E-state index in [1.165, 1.54) is 24.3 Å². The number of allylic oxidation sites excluding steroid dienone is 2. The first-order valence-electron chi connectivity index (χ1n) is 8.97. The maximum atomic E-state index is 12.7. The van der Waals surface area contributed by atoms with Crippen LogP contribution in [0.25, 0.3) is 0 Å². The van der Waals surface area contributed by atoms with Crippen molar-refractivity contribution in [3.63, 3.8) is 0 Å². The monoisotopic (exact) mass is 452 g/mol. The number of rotatable bonds is 5. The molecule has 11 heteroatoms. The van der Waals surface area contributed by atoms with Crippen molar-refractivity contribution in [2.75, 3.05) is 9.62 Å². The topological polar surface area (TPSA) is 109 Å². The van der Waals surface area contributed by atoms with E-state index in [1.54, 1.807) is 6.08 Å². The Kier molecular flexibility index (Phi) is 5.18. The van der Waals surface area contributed by atoms with Crippen LogP contribution >= 0.6 is 22.9 Å². The molecule has 29 heavy (non-hydrogen) atoms. The number of hydrogen-bond donors (Lipinski definition) is 1. The smallest absolute Gasteiger partial charge is 0.263 e. The van der Waals surface area contributed by atoms with Gasteiger partial charge in [0.15, 0.2) is 0 Å². The molecule has 8 nitrogen and oxygen atoms in total. The molecule has 0 radical (unpaired) electrons. The van der Waals surface area contributed by atoms with E-state index < -0.39 is 21.9 Å². The SMILES string of the molecule is CCc1nnc(NS(=O)(=O)c2ccc(N3C(=O)[C@H]4CC=C(Cl)C[C@H]4C3=O)cc2)s1. The molecule has 4 rings (SSSR count). The van der Waals surface area contributed by atoms with Crippen LogP contribution in [0.5, 0.6) is 0 Å². The Morgan fingerprint density at radius 2 is 1.86 bits per heavy atom. The molecular weight excluding hydrogens is 436 g/mol. The van der Waals surface area contributed by atoms with Gasteiger partial charge in [0.25, 0.3) is 10.0 Å². The summed E-state index contributed by atoms with van der Waals surface area (Å²) in [5.41, 5.74) is 0.341. The van der Waals surface area contributed by atoms with Crippen LogP contribution in [0.2, 0.25) is 0 Å². The number of aromatic nitrogens is 2. The summed E-state index contributed by atoms with van der Waals surface area (Å²) in [4.78, 5) is 26.5. The minimum atomic E-state index is -3.86. The number of nitrogens with zero attached hydrogens (tertiary/aromatic N) is 3. The largest absolute Gasteiger partial charge is 0.274 e. The lowest BCUT2D eigenvalue weighted by atomic mass is 9.85. The number of fused-ring (bicyclic) bond motifs is 1. The zero-order chi connectivity index (χ0) is 20.8. The van der Waals surface area contributed by atoms with Gasteiger partial charge in [0.1, 0.15) is 5.01 Å². The molecule has 0 unspecified atom stereocenters. The average Bonchev–Trinajstić information content (AvgIpc) is 3.24. The summed E-state index contributed by atoms with van der Waals surface area (Å²) in [7, 11) is -3.86. The molecular formula is C18H17ClN4O4S2. The highest BCUT2D eigenvalue weighted by Gasteiger charge is 2.48. The summed E-state index contributed by atoms with van der Waals surface area (Å²) in [5, 5.41) is 9.19. The number of imide groups is 1. The minimum Gasteiger partial charge on any atom is -0.274 e. The third kappa shape index (κ3) is 3.67. The van der Waals surface area contributed by atoms with Crippen molar-refractivity contribution in [2.24, 2.45) is 11.8 Å². The Hall–Kier alpha value is -2.30. The maximum absolute atomic E-state index is 12.7. The number of halogens is 1. The van der Waals surface area contributed by atoms with Crippen LogP contribution in [0.15, 0.2) is 40.3 Å². The van der Waals surface area contributed by atoms with Gasteiger partial charge in [-0.1, -0.05) is 35.9 Å². The molecule has 152 valence electrons. The van der Waals surface area contributed by atoms with Gasteiger partial charge in [-0.25, -0.2) is 8.42 Å². The number of aryl methyl sites for hydroxylation is 1. The predicted octanol–water partition coefficient (Wildman–Crippen LogP) is 2.92. The maximum Gasteiger partial charge on any atom is 0.263 e. The van der Waals surface area contributed by atoms with Gasteiger partial charge in [0.2, 0.25) is 16.9 Å². The lowest BCUT2D eigenvalue weighted by Gasteiger charge is -2.17. The zero-order valence-electron chi connectivity index (χ0n) is 15.3. The Morgan fingerprint density at radius 1 is 1.17 bits per heavy atom. The van der Waals surface area contributed by atoms with E-state index in [2.05, 4.69) is 14.9 Å². The van der Waals surface area contributed by atoms with Gasteiger partial charge in [-0.05, 0) is 43.5 Å². The number of sulfonamides is 1. The van der Waals surface area contributed by atoms with Gasteiger partial charge in [-0.3, -0.25) is 19.2 Å². The molecule has 1 fully saturated rings. The number of benzene rings is 1. The van der Waals surface area contributed by atoms with E-state index in [-0.39, 0.29) is 21.8 Å². The minimum absolute atomic E-state index is 0.00396. The predicted molar refractivity (Wildman–Crippen MR) is 109 cm³/mol. The summed E-state index contributed by atoms with van der Waals surface area (Å²) in [5.74, 6) is -1.47. The molecule has 1 aromatic heterocycles. The molecule has 2 heterocycles. The zero-order valence-corrected chi connectivity index (χ0v) is 17.7. The number of amides is 2. The van der Waals surface area contributed by atoms with E-state index in [9.17, 15) is 18.0 Å². The first-order chi connectivity index (χ1) is 13.8. The fraction of sp³-hybridized carbons (Fsp3) is 0.333. The van der Waals surface area contributed by atoms with Crippen LogP contribution < -0.4 is 9.62 Å². The standard InChI is InChI=1S/C18H17ClN4O4S2/c1-2-15-20-21-18(28-15)22-29(26,27)12-6-4-11(5-7-12)23-16(24)13-8-3-10(19)9-14(13)17(23)25/h3-7,13-14H,2,8-9H2,1H3,(H,21,22)/t13-,14+/m0/s1. The van der Waals surface area contributed by atoms with Crippen molar-refractivity contribution < 1.29 is 18.0 Å². The van der Waals surface area contributed by atoms with Crippen molar-refractivity contribution in [1.82, 2.24) is 10.2 Å². The lowest BCUT2D eigenvalue weighted by molar-refractivity contribution is -0.122. The molecule has 2 atom stereocenters. The van der Waals surface area contributed by atoms with E-state index in [0.717, 1.165) is 21.2 Å². The highest BCUT2D eigenvalue weighted by molar-refractivity contribution is 7.93. The van der Waals surface area contributed by atoms with Crippen molar-refractivity contribution in [1.29, 1.82) is 0 Å². The van der Waals surface area contributed by atoms with Crippen LogP contribution in [-0.2, 0) is 26.0 Å². The van der Waals surface area contributed by atoms with E-state index in [4.69, 9.17) is 11.6 Å².